The highest BCUT2D eigenvalue weighted by Gasteiger charge is 2.36. The van der Waals surface area contributed by atoms with Gasteiger partial charge in [0.25, 0.3) is 0 Å². The molecule has 1 fully saturated rings. The molecule has 0 aliphatic carbocycles. The lowest BCUT2D eigenvalue weighted by molar-refractivity contribution is -0.0577. The Morgan fingerprint density at radius 2 is 2.41 bits per heavy atom. The van der Waals surface area contributed by atoms with Crippen LogP contribution in [0.5, 0.6) is 0 Å². The summed E-state index contributed by atoms with van der Waals surface area (Å²) in [5.74, 6) is 0.102. The molecule has 22 heavy (non-hydrogen) atoms. The van der Waals surface area contributed by atoms with Gasteiger partial charge in [-0.15, -0.1) is 0 Å². The maximum atomic E-state index is 11.7. The van der Waals surface area contributed by atoms with Crippen molar-refractivity contribution >= 4 is 12.0 Å². The van der Waals surface area contributed by atoms with Crippen molar-refractivity contribution in [1.82, 2.24) is 9.55 Å². The number of hydrogen-bond donors (Lipinski definition) is 2. The van der Waals surface area contributed by atoms with E-state index in [0.717, 1.165) is 0 Å². The highest BCUT2D eigenvalue weighted by molar-refractivity contribution is 5.59. The number of carbonyl (C=O) groups is 1. The predicted octanol–water partition coefficient (Wildman–Crippen LogP) is -0.187. The topological polar surface area (TPSA) is 126 Å². The number of hydrogen-bond acceptors (Lipinski definition) is 8. The lowest BCUT2D eigenvalue weighted by Crippen LogP contribution is -2.29. The molecule has 1 aromatic heterocycles. The number of nitrogens with two attached hydrogens (primary N) is 1. The normalized spacial score (nSPS) is 24.0. The van der Waals surface area contributed by atoms with Crippen molar-refractivity contribution in [2.75, 3.05) is 18.9 Å². The minimum atomic E-state index is -0.887. The van der Waals surface area contributed by atoms with Crippen molar-refractivity contribution in [2.24, 2.45) is 0 Å². The van der Waals surface area contributed by atoms with Gasteiger partial charge in [0.2, 0.25) is 0 Å². The highest BCUT2D eigenvalue weighted by atomic mass is 16.7. The summed E-state index contributed by atoms with van der Waals surface area (Å²) in [7, 11) is 0. The van der Waals surface area contributed by atoms with Gasteiger partial charge in [0.05, 0.1) is 6.10 Å². The molecular weight excluding hydrogens is 294 g/mol. The van der Waals surface area contributed by atoms with Gasteiger partial charge in [-0.3, -0.25) is 4.57 Å². The van der Waals surface area contributed by atoms with Crippen molar-refractivity contribution in [3.05, 3.63) is 35.4 Å². The molecule has 3 N–H and O–H groups in total. The Morgan fingerprint density at radius 1 is 1.64 bits per heavy atom. The first-order valence-electron chi connectivity index (χ1n) is 6.60. The summed E-state index contributed by atoms with van der Waals surface area (Å²) in [5, 5.41) is 9.92. The second-order valence-electron chi connectivity index (χ2n) is 4.64. The Hall–Kier alpha value is -2.39. The zero-order valence-corrected chi connectivity index (χ0v) is 11.8. The number of aromatic nitrogens is 2. The Balaban J connectivity index is 1.93. The third-order valence-electron chi connectivity index (χ3n) is 3.05. The summed E-state index contributed by atoms with van der Waals surface area (Å²) < 4.78 is 16.2. The van der Waals surface area contributed by atoms with Crippen LogP contribution in [0.2, 0.25) is 0 Å². The number of aliphatic hydroxyl groups is 1. The molecule has 9 nitrogen and oxygen atoms in total. The highest BCUT2D eigenvalue weighted by Crippen LogP contribution is 2.27. The van der Waals surface area contributed by atoms with Crippen LogP contribution in [-0.4, -0.2) is 46.2 Å². The second-order valence-corrected chi connectivity index (χ2v) is 4.64. The number of ether oxygens (including phenoxy) is 3. The fraction of sp³-hybridized carbons (Fsp3) is 0.462. The van der Waals surface area contributed by atoms with Crippen LogP contribution in [0.1, 0.15) is 12.6 Å². The quantitative estimate of drug-likeness (QED) is 0.566. The van der Waals surface area contributed by atoms with Crippen LogP contribution in [0, 0.1) is 0 Å². The number of anilines is 1. The molecule has 0 bridgehead atoms. The minimum absolute atomic E-state index is 0.0298. The van der Waals surface area contributed by atoms with E-state index in [-0.39, 0.29) is 25.5 Å². The van der Waals surface area contributed by atoms with Gasteiger partial charge in [0, 0.05) is 12.6 Å². The molecule has 1 saturated heterocycles. The van der Waals surface area contributed by atoms with E-state index in [9.17, 15) is 14.7 Å². The van der Waals surface area contributed by atoms with Crippen molar-refractivity contribution in [3.63, 3.8) is 0 Å². The Kier molecular flexibility index (Phi) is 5.12. The molecule has 1 aliphatic rings. The number of carbonyl (C=O) groups excluding carboxylic acids is 1. The number of aliphatic hydroxyl groups excluding tert-OH is 1. The summed E-state index contributed by atoms with van der Waals surface area (Å²) in [4.78, 5) is 26.5. The molecule has 0 saturated carbocycles. The molecule has 120 valence electrons. The van der Waals surface area contributed by atoms with Crippen LogP contribution < -0.4 is 11.4 Å². The first kappa shape index (κ1) is 16.0. The van der Waals surface area contributed by atoms with Gasteiger partial charge in [-0.2, -0.15) is 4.98 Å². The van der Waals surface area contributed by atoms with Gasteiger partial charge in [0.15, 0.2) is 0 Å². The van der Waals surface area contributed by atoms with Crippen molar-refractivity contribution < 1.29 is 24.1 Å². The lowest BCUT2D eigenvalue weighted by Gasteiger charge is -2.15. The monoisotopic (exact) mass is 311 g/mol. The van der Waals surface area contributed by atoms with Gasteiger partial charge < -0.3 is 25.1 Å². The first-order valence-corrected chi connectivity index (χ1v) is 6.60. The molecule has 0 amide bonds. The summed E-state index contributed by atoms with van der Waals surface area (Å²) >= 11 is 0. The van der Waals surface area contributed by atoms with Crippen LogP contribution in [0.15, 0.2) is 29.7 Å². The molecule has 1 aromatic rings. The smallest absolute Gasteiger partial charge is 0.431 e. The Labute approximate surface area is 125 Å². The molecular formula is C13H17N3O6. The van der Waals surface area contributed by atoms with Crippen LogP contribution in [-0.2, 0) is 14.2 Å². The van der Waals surface area contributed by atoms with Crippen molar-refractivity contribution in [2.45, 2.75) is 24.9 Å². The third kappa shape index (κ3) is 3.83. The van der Waals surface area contributed by atoms with Gasteiger partial charge in [-0.05, 0) is 6.07 Å². The van der Waals surface area contributed by atoms with Gasteiger partial charge in [-0.1, -0.05) is 12.7 Å². The van der Waals surface area contributed by atoms with E-state index < -0.39 is 30.3 Å². The van der Waals surface area contributed by atoms with E-state index in [4.69, 9.17) is 15.2 Å². The predicted molar refractivity (Wildman–Crippen MR) is 74.9 cm³/mol. The molecule has 1 aliphatic heterocycles. The van der Waals surface area contributed by atoms with E-state index in [0.29, 0.717) is 0 Å². The van der Waals surface area contributed by atoms with Crippen LogP contribution in [0.25, 0.3) is 0 Å². The van der Waals surface area contributed by atoms with Crippen molar-refractivity contribution in [1.29, 1.82) is 0 Å². The van der Waals surface area contributed by atoms with Gasteiger partial charge in [-0.25, -0.2) is 9.59 Å². The van der Waals surface area contributed by atoms with Crippen LogP contribution >= 0.6 is 0 Å². The maximum Gasteiger partial charge on any atom is 0.508 e. The first-order chi connectivity index (χ1) is 10.5. The van der Waals surface area contributed by atoms with Crippen molar-refractivity contribution in [3.8, 4) is 0 Å². The third-order valence-corrected chi connectivity index (χ3v) is 3.05. The number of nitrogens with zero attached hydrogens (tertiary/aromatic N) is 2. The number of nitrogen functional groups attached to an aromatic ring is 1. The number of rotatable bonds is 5. The molecule has 0 unspecified atom stereocenters. The fourth-order valence-electron chi connectivity index (χ4n) is 2.00. The van der Waals surface area contributed by atoms with Crippen LogP contribution in [0.4, 0.5) is 10.6 Å². The standard InChI is InChI=1S/C13H17N3O6/c1-2-5-20-13(19)21-7-9-8(17)6-11(22-9)16-4-3-10(14)15-12(16)18/h2-4,8-9,11,17H,1,5-7H2,(H2,14,15,18)/t8-,9+,11+/m0/s1. The van der Waals surface area contributed by atoms with E-state index in [2.05, 4.69) is 16.3 Å². The maximum absolute atomic E-state index is 11.7. The zero-order valence-electron chi connectivity index (χ0n) is 11.8. The lowest BCUT2D eigenvalue weighted by atomic mass is 10.2. The molecule has 9 heteroatoms. The van der Waals surface area contributed by atoms with E-state index in [1.165, 1.54) is 22.9 Å². The van der Waals surface area contributed by atoms with E-state index in [1.54, 1.807) is 0 Å². The van der Waals surface area contributed by atoms with E-state index in [1.807, 2.05) is 0 Å². The largest absolute Gasteiger partial charge is 0.508 e. The van der Waals surface area contributed by atoms with Gasteiger partial charge in [0.1, 0.15) is 31.4 Å². The molecule has 2 heterocycles. The van der Waals surface area contributed by atoms with Gasteiger partial charge >= 0.3 is 11.8 Å². The minimum Gasteiger partial charge on any atom is -0.431 e. The fourth-order valence-corrected chi connectivity index (χ4v) is 2.00. The average molecular weight is 311 g/mol. The summed E-state index contributed by atoms with van der Waals surface area (Å²) in [6.45, 7) is 3.24. The second kappa shape index (κ2) is 7.05. The van der Waals surface area contributed by atoms with Crippen LogP contribution in [0.3, 0.4) is 0 Å². The molecule has 0 spiro atoms. The SMILES string of the molecule is C=CCOC(=O)OC[C@H]1O[C@@H](n2ccc(N)nc2=O)C[C@@H]1O. The zero-order chi connectivity index (χ0) is 16.1. The van der Waals surface area contributed by atoms with E-state index >= 15 is 0 Å². The average Bonchev–Trinajstić information content (AvgIpc) is 2.83. The molecule has 2 rings (SSSR count). The summed E-state index contributed by atoms with van der Waals surface area (Å²) in [6, 6.07) is 1.45. The summed E-state index contributed by atoms with van der Waals surface area (Å²) in [6.07, 6.45) is -0.227. The Morgan fingerprint density at radius 3 is 3.09 bits per heavy atom. The Bertz CT molecular complexity index is 602. The molecule has 0 aromatic carbocycles. The molecule has 0 radical (unpaired) electrons. The summed E-state index contributed by atoms with van der Waals surface area (Å²) in [5.41, 5.74) is 4.83. The molecule has 3 atom stereocenters.